The average Bonchev–Trinajstić information content (AvgIpc) is 3.06. The lowest BCUT2D eigenvalue weighted by molar-refractivity contribution is -0.131. The molecule has 2 aromatic carbocycles. The summed E-state index contributed by atoms with van der Waals surface area (Å²) >= 11 is 5.96. The van der Waals surface area contributed by atoms with Crippen LogP contribution in [0.3, 0.4) is 0 Å². The first kappa shape index (κ1) is 15.9. The van der Waals surface area contributed by atoms with Crippen molar-refractivity contribution in [2.45, 2.75) is 25.3 Å². The number of methoxy groups -OCH3 is 1. The van der Waals surface area contributed by atoms with Crippen LogP contribution < -0.4 is 4.74 Å². The molecule has 3 rings (SSSR count). The third kappa shape index (κ3) is 3.67. The molecule has 1 aliphatic rings. The van der Waals surface area contributed by atoms with Gasteiger partial charge in [0.15, 0.2) is 0 Å². The number of likely N-dealkylation sites (tertiary alicyclic amines) is 1. The molecular formula is C19H20ClNO2. The zero-order chi connectivity index (χ0) is 16.2. The van der Waals surface area contributed by atoms with Crippen molar-refractivity contribution in [3.8, 4) is 5.75 Å². The Morgan fingerprint density at radius 3 is 2.52 bits per heavy atom. The Labute approximate surface area is 141 Å². The normalized spacial score (nSPS) is 17.3. The third-order valence-electron chi connectivity index (χ3n) is 4.34. The fourth-order valence-corrected chi connectivity index (χ4v) is 3.24. The predicted octanol–water partition coefficient (Wildman–Crippen LogP) is 4.25. The lowest BCUT2D eigenvalue weighted by Crippen LogP contribution is -2.31. The summed E-state index contributed by atoms with van der Waals surface area (Å²) in [6.45, 7) is 0.822. The zero-order valence-corrected chi connectivity index (χ0v) is 13.9. The first-order valence-electron chi connectivity index (χ1n) is 7.85. The van der Waals surface area contributed by atoms with Crippen LogP contribution in [0.2, 0.25) is 5.02 Å². The predicted molar refractivity (Wildman–Crippen MR) is 91.8 cm³/mol. The summed E-state index contributed by atoms with van der Waals surface area (Å²) in [5.74, 6) is 0.981. The number of rotatable bonds is 4. The second-order valence-electron chi connectivity index (χ2n) is 5.82. The highest BCUT2D eigenvalue weighted by molar-refractivity contribution is 6.30. The van der Waals surface area contributed by atoms with Crippen LogP contribution in [0, 0.1) is 0 Å². The molecule has 0 aliphatic carbocycles. The Balaban J connectivity index is 1.71. The molecule has 1 fully saturated rings. The molecule has 4 heteroatoms. The van der Waals surface area contributed by atoms with Gasteiger partial charge in [-0.3, -0.25) is 4.79 Å². The van der Waals surface area contributed by atoms with Gasteiger partial charge in [0.1, 0.15) is 5.75 Å². The van der Waals surface area contributed by atoms with E-state index in [0.29, 0.717) is 6.42 Å². The molecule has 0 spiro atoms. The number of carbonyl (C=O) groups excluding carboxylic acids is 1. The molecule has 1 amide bonds. The van der Waals surface area contributed by atoms with E-state index in [1.165, 1.54) is 0 Å². The molecule has 1 saturated heterocycles. The van der Waals surface area contributed by atoms with E-state index in [4.69, 9.17) is 16.3 Å². The molecule has 0 bridgehead atoms. The topological polar surface area (TPSA) is 29.5 Å². The van der Waals surface area contributed by atoms with Crippen molar-refractivity contribution >= 4 is 17.5 Å². The summed E-state index contributed by atoms with van der Waals surface area (Å²) in [5, 5.41) is 0.725. The van der Waals surface area contributed by atoms with E-state index in [0.717, 1.165) is 41.3 Å². The molecule has 0 unspecified atom stereocenters. The van der Waals surface area contributed by atoms with Crippen LogP contribution in [0.1, 0.15) is 30.0 Å². The highest BCUT2D eigenvalue weighted by Gasteiger charge is 2.29. The smallest absolute Gasteiger partial charge is 0.227 e. The molecule has 0 saturated carbocycles. The summed E-state index contributed by atoms with van der Waals surface area (Å²) in [6.07, 6.45) is 2.48. The minimum atomic E-state index is 0.165. The van der Waals surface area contributed by atoms with Gasteiger partial charge < -0.3 is 9.64 Å². The van der Waals surface area contributed by atoms with Crippen molar-refractivity contribution in [1.29, 1.82) is 0 Å². The second kappa shape index (κ2) is 7.05. The first-order chi connectivity index (χ1) is 11.2. The monoisotopic (exact) mass is 329 g/mol. The van der Waals surface area contributed by atoms with Crippen molar-refractivity contribution in [3.05, 3.63) is 64.7 Å². The molecule has 1 atom stereocenters. The van der Waals surface area contributed by atoms with Gasteiger partial charge in [0.2, 0.25) is 5.91 Å². The molecule has 23 heavy (non-hydrogen) atoms. The fourth-order valence-electron chi connectivity index (χ4n) is 3.12. The lowest BCUT2D eigenvalue weighted by Gasteiger charge is -2.25. The largest absolute Gasteiger partial charge is 0.497 e. The Kier molecular flexibility index (Phi) is 4.87. The molecule has 0 N–H and O–H groups in total. The highest BCUT2D eigenvalue weighted by atomic mass is 35.5. The number of halogens is 1. The fraction of sp³-hybridized carbons (Fsp3) is 0.316. The van der Waals surface area contributed by atoms with Crippen molar-refractivity contribution in [2.24, 2.45) is 0 Å². The van der Waals surface area contributed by atoms with Gasteiger partial charge in [-0.1, -0.05) is 35.9 Å². The molecular weight excluding hydrogens is 310 g/mol. The van der Waals surface area contributed by atoms with Crippen LogP contribution in [0.15, 0.2) is 48.5 Å². The van der Waals surface area contributed by atoms with E-state index in [1.807, 2.05) is 53.4 Å². The number of hydrogen-bond acceptors (Lipinski definition) is 2. The van der Waals surface area contributed by atoms with Crippen LogP contribution in [0.25, 0.3) is 0 Å². The van der Waals surface area contributed by atoms with Crippen molar-refractivity contribution in [1.82, 2.24) is 4.90 Å². The summed E-state index contributed by atoms with van der Waals surface area (Å²) in [4.78, 5) is 14.7. The van der Waals surface area contributed by atoms with Gasteiger partial charge in [0, 0.05) is 11.6 Å². The maximum Gasteiger partial charge on any atom is 0.227 e. The van der Waals surface area contributed by atoms with Crippen molar-refractivity contribution in [3.63, 3.8) is 0 Å². The van der Waals surface area contributed by atoms with Gasteiger partial charge in [-0.05, 0) is 48.2 Å². The number of ether oxygens (including phenoxy) is 1. The van der Waals surface area contributed by atoms with Gasteiger partial charge in [0.05, 0.1) is 19.6 Å². The van der Waals surface area contributed by atoms with Gasteiger partial charge in [-0.25, -0.2) is 0 Å². The van der Waals surface area contributed by atoms with Gasteiger partial charge in [-0.15, -0.1) is 0 Å². The number of amides is 1. The molecule has 1 aliphatic heterocycles. The summed E-state index contributed by atoms with van der Waals surface area (Å²) in [7, 11) is 1.64. The van der Waals surface area contributed by atoms with Crippen LogP contribution in [-0.4, -0.2) is 24.5 Å². The van der Waals surface area contributed by atoms with Crippen LogP contribution in [0.4, 0.5) is 0 Å². The number of nitrogens with zero attached hydrogens (tertiary/aromatic N) is 1. The summed E-state index contributed by atoms with van der Waals surface area (Å²) in [6, 6.07) is 15.7. The minimum absolute atomic E-state index is 0.165. The van der Waals surface area contributed by atoms with E-state index in [2.05, 4.69) is 0 Å². The Bertz CT molecular complexity index is 667. The number of benzene rings is 2. The molecule has 2 aromatic rings. The summed E-state index contributed by atoms with van der Waals surface area (Å²) in [5.41, 5.74) is 2.17. The molecule has 3 nitrogen and oxygen atoms in total. The van der Waals surface area contributed by atoms with Crippen LogP contribution in [-0.2, 0) is 11.2 Å². The van der Waals surface area contributed by atoms with Crippen molar-refractivity contribution < 1.29 is 9.53 Å². The van der Waals surface area contributed by atoms with Gasteiger partial charge in [-0.2, -0.15) is 0 Å². The second-order valence-corrected chi connectivity index (χ2v) is 6.26. The maximum atomic E-state index is 12.7. The van der Waals surface area contributed by atoms with E-state index >= 15 is 0 Å². The van der Waals surface area contributed by atoms with E-state index in [9.17, 15) is 4.79 Å². The Morgan fingerprint density at radius 1 is 1.17 bits per heavy atom. The van der Waals surface area contributed by atoms with Crippen LogP contribution >= 0.6 is 11.6 Å². The first-order valence-corrected chi connectivity index (χ1v) is 8.23. The van der Waals surface area contributed by atoms with E-state index in [1.54, 1.807) is 7.11 Å². The van der Waals surface area contributed by atoms with E-state index < -0.39 is 0 Å². The van der Waals surface area contributed by atoms with Gasteiger partial charge >= 0.3 is 0 Å². The SMILES string of the molecule is COc1ccc(CC(=O)N2CCC[C@@H]2c2ccc(Cl)cc2)cc1. The number of carbonyl (C=O) groups is 1. The van der Waals surface area contributed by atoms with Crippen molar-refractivity contribution in [2.75, 3.05) is 13.7 Å². The standard InChI is InChI=1S/C19H20ClNO2/c1-23-17-10-4-14(5-11-17)13-19(22)21-12-2-3-18(21)15-6-8-16(20)9-7-15/h4-11,18H,2-3,12-13H2,1H3/t18-/m1/s1. The zero-order valence-electron chi connectivity index (χ0n) is 13.2. The lowest BCUT2D eigenvalue weighted by atomic mass is 10.0. The quantitative estimate of drug-likeness (QED) is 0.839. The third-order valence-corrected chi connectivity index (χ3v) is 4.59. The number of hydrogen-bond donors (Lipinski definition) is 0. The van der Waals surface area contributed by atoms with Crippen LogP contribution in [0.5, 0.6) is 5.75 Å². The molecule has 0 aromatic heterocycles. The Hall–Kier alpha value is -2.00. The molecule has 1 heterocycles. The molecule has 0 radical (unpaired) electrons. The highest BCUT2D eigenvalue weighted by Crippen LogP contribution is 2.33. The van der Waals surface area contributed by atoms with Gasteiger partial charge in [0.25, 0.3) is 0 Å². The molecule has 120 valence electrons. The van der Waals surface area contributed by atoms with E-state index in [-0.39, 0.29) is 11.9 Å². The minimum Gasteiger partial charge on any atom is -0.497 e. The summed E-state index contributed by atoms with van der Waals surface area (Å²) < 4.78 is 5.15. The average molecular weight is 330 g/mol. The Morgan fingerprint density at radius 2 is 1.87 bits per heavy atom. The maximum absolute atomic E-state index is 12.7.